The molecule has 0 saturated heterocycles. The zero-order valence-corrected chi connectivity index (χ0v) is 14.7. The van der Waals surface area contributed by atoms with Crippen molar-refractivity contribution < 1.29 is 14.3 Å². The summed E-state index contributed by atoms with van der Waals surface area (Å²) in [6.07, 6.45) is -0.877. The van der Waals surface area contributed by atoms with E-state index in [-0.39, 0.29) is 6.42 Å². The molecule has 120 valence electrons. The van der Waals surface area contributed by atoms with Gasteiger partial charge in [-0.2, -0.15) is 0 Å². The van der Waals surface area contributed by atoms with E-state index in [1.807, 2.05) is 6.07 Å². The third kappa shape index (κ3) is 5.37. The van der Waals surface area contributed by atoms with Crippen LogP contribution >= 0.6 is 27.5 Å². The molecule has 0 unspecified atom stereocenters. The van der Waals surface area contributed by atoms with Gasteiger partial charge in [0, 0.05) is 15.2 Å². The van der Waals surface area contributed by atoms with E-state index >= 15 is 0 Å². The third-order valence-corrected chi connectivity index (χ3v) is 3.92. The Hall–Kier alpha value is -1.85. The minimum atomic E-state index is -0.899. The van der Waals surface area contributed by atoms with E-state index in [1.165, 1.54) is 6.92 Å². The molecule has 0 aliphatic heterocycles. The normalized spacial score (nSPS) is 11.6. The molecular formula is C17H15BrClNO3. The number of carbonyl (C=O) groups excluding carboxylic acids is 2. The largest absolute Gasteiger partial charge is 0.452 e. The predicted octanol–water partition coefficient (Wildman–Crippen LogP) is 4.22. The summed E-state index contributed by atoms with van der Waals surface area (Å²) >= 11 is 9.32. The number of rotatable bonds is 5. The van der Waals surface area contributed by atoms with Gasteiger partial charge in [0.2, 0.25) is 0 Å². The highest BCUT2D eigenvalue weighted by atomic mass is 79.9. The molecule has 0 heterocycles. The van der Waals surface area contributed by atoms with Crippen LogP contribution in [0.2, 0.25) is 5.02 Å². The lowest BCUT2D eigenvalue weighted by Gasteiger charge is -2.14. The van der Waals surface area contributed by atoms with Gasteiger partial charge in [0.15, 0.2) is 6.10 Å². The van der Waals surface area contributed by atoms with E-state index in [0.29, 0.717) is 16.3 Å². The molecule has 0 aliphatic carbocycles. The molecule has 0 aliphatic rings. The second-order valence-electron chi connectivity index (χ2n) is 4.90. The Morgan fingerprint density at radius 3 is 2.65 bits per heavy atom. The molecular weight excluding hydrogens is 382 g/mol. The summed E-state index contributed by atoms with van der Waals surface area (Å²) in [7, 11) is 0. The molecule has 0 aromatic heterocycles. The Morgan fingerprint density at radius 2 is 1.96 bits per heavy atom. The number of carbonyl (C=O) groups is 2. The van der Waals surface area contributed by atoms with Gasteiger partial charge in [-0.25, -0.2) is 0 Å². The second kappa shape index (κ2) is 8.13. The molecule has 2 aromatic rings. The average Bonchev–Trinajstić information content (AvgIpc) is 2.49. The first-order chi connectivity index (χ1) is 11.0. The van der Waals surface area contributed by atoms with Crippen LogP contribution < -0.4 is 5.32 Å². The number of anilines is 1. The molecule has 2 rings (SSSR count). The average molecular weight is 397 g/mol. The second-order valence-corrected chi connectivity index (χ2v) is 6.22. The highest BCUT2D eigenvalue weighted by Gasteiger charge is 2.18. The smallest absolute Gasteiger partial charge is 0.311 e. The number of ether oxygens (including phenoxy) is 1. The summed E-state index contributed by atoms with van der Waals surface area (Å²) in [5, 5.41) is 3.19. The number of benzene rings is 2. The quantitative estimate of drug-likeness (QED) is 0.770. The molecule has 1 N–H and O–H groups in total. The summed E-state index contributed by atoms with van der Waals surface area (Å²) < 4.78 is 6.00. The minimum Gasteiger partial charge on any atom is -0.452 e. The fourth-order valence-electron chi connectivity index (χ4n) is 1.90. The number of halogens is 2. The van der Waals surface area contributed by atoms with Crippen molar-refractivity contribution >= 4 is 45.1 Å². The highest BCUT2D eigenvalue weighted by Crippen LogP contribution is 2.17. The summed E-state index contributed by atoms with van der Waals surface area (Å²) in [6.45, 7) is 1.53. The first kappa shape index (κ1) is 17.5. The Labute approximate surface area is 147 Å². The van der Waals surface area contributed by atoms with Crippen molar-refractivity contribution in [3.05, 3.63) is 63.6 Å². The molecule has 0 saturated carbocycles. The van der Waals surface area contributed by atoms with Crippen molar-refractivity contribution in [1.29, 1.82) is 0 Å². The Kier molecular flexibility index (Phi) is 6.19. The van der Waals surface area contributed by atoms with Crippen LogP contribution in [0.3, 0.4) is 0 Å². The molecule has 2 aromatic carbocycles. The van der Waals surface area contributed by atoms with Crippen molar-refractivity contribution in [2.24, 2.45) is 0 Å². The predicted molar refractivity (Wildman–Crippen MR) is 93.5 cm³/mol. The molecule has 6 heteroatoms. The highest BCUT2D eigenvalue weighted by molar-refractivity contribution is 9.10. The standard InChI is InChI=1S/C17H15BrClNO3/c1-11(17(22)20-14-7-4-6-13(18)10-14)23-16(21)9-12-5-2-3-8-15(12)19/h2-8,10-11H,9H2,1H3,(H,20,22)/t11-/m1/s1. The Balaban J connectivity index is 1.90. The van der Waals surface area contributed by atoms with Gasteiger partial charge in [0.1, 0.15) is 0 Å². The van der Waals surface area contributed by atoms with Gasteiger partial charge in [-0.15, -0.1) is 0 Å². The first-order valence-electron chi connectivity index (χ1n) is 6.95. The van der Waals surface area contributed by atoms with Crippen LogP contribution in [0.25, 0.3) is 0 Å². The minimum absolute atomic E-state index is 0.0220. The fourth-order valence-corrected chi connectivity index (χ4v) is 2.50. The molecule has 0 spiro atoms. The van der Waals surface area contributed by atoms with Crippen LogP contribution in [0.5, 0.6) is 0 Å². The van der Waals surface area contributed by atoms with Crippen LogP contribution in [-0.4, -0.2) is 18.0 Å². The fraction of sp³-hybridized carbons (Fsp3) is 0.176. The van der Waals surface area contributed by atoms with Crippen molar-refractivity contribution in [3.63, 3.8) is 0 Å². The number of hydrogen-bond acceptors (Lipinski definition) is 3. The topological polar surface area (TPSA) is 55.4 Å². The van der Waals surface area contributed by atoms with Gasteiger partial charge in [0.05, 0.1) is 6.42 Å². The van der Waals surface area contributed by atoms with Gasteiger partial charge in [-0.05, 0) is 36.8 Å². The number of amides is 1. The van der Waals surface area contributed by atoms with E-state index in [4.69, 9.17) is 16.3 Å². The van der Waals surface area contributed by atoms with Crippen molar-refractivity contribution in [1.82, 2.24) is 0 Å². The van der Waals surface area contributed by atoms with Gasteiger partial charge in [-0.1, -0.05) is 51.8 Å². The molecule has 0 fully saturated rings. The van der Waals surface area contributed by atoms with Gasteiger partial charge < -0.3 is 10.1 Å². The van der Waals surface area contributed by atoms with Gasteiger partial charge in [-0.3, -0.25) is 9.59 Å². The van der Waals surface area contributed by atoms with Crippen LogP contribution in [-0.2, 0) is 20.7 Å². The van der Waals surface area contributed by atoms with Crippen molar-refractivity contribution in [2.45, 2.75) is 19.4 Å². The van der Waals surface area contributed by atoms with Gasteiger partial charge in [0.25, 0.3) is 5.91 Å². The molecule has 0 bridgehead atoms. The molecule has 0 radical (unpaired) electrons. The molecule has 23 heavy (non-hydrogen) atoms. The van der Waals surface area contributed by atoms with Gasteiger partial charge >= 0.3 is 5.97 Å². The number of hydrogen-bond donors (Lipinski definition) is 1. The molecule has 1 amide bonds. The van der Waals surface area contributed by atoms with Crippen LogP contribution in [0.15, 0.2) is 53.0 Å². The van der Waals surface area contributed by atoms with Crippen LogP contribution in [0, 0.1) is 0 Å². The lowest BCUT2D eigenvalue weighted by atomic mass is 10.1. The summed E-state index contributed by atoms with van der Waals surface area (Å²) in [4.78, 5) is 24.0. The lowest BCUT2D eigenvalue weighted by Crippen LogP contribution is -2.30. The van der Waals surface area contributed by atoms with E-state index < -0.39 is 18.0 Å². The summed E-state index contributed by atoms with van der Waals surface area (Å²) in [5.41, 5.74) is 1.29. The zero-order valence-electron chi connectivity index (χ0n) is 12.4. The van der Waals surface area contributed by atoms with Crippen LogP contribution in [0.1, 0.15) is 12.5 Å². The van der Waals surface area contributed by atoms with Crippen molar-refractivity contribution in [3.8, 4) is 0 Å². The number of esters is 1. The molecule has 4 nitrogen and oxygen atoms in total. The third-order valence-electron chi connectivity index (χ3n) is 3.06. The maximum atomic E-state index is 12.0. The maximum absolute atomic E-state index is 12.0. The maximum Gasteiger partial charge on any atom is 0.311 e. The Bertz CT molecular complexity index is 720. The first-order valence-corrected chi connectivity index (χ1v) is 8.12. The summed E-state index contributed by atoms with van der Waals surface area (Å²) in [6, 6.07) is 14.2. The molecule has 1 atom stereocenters. The Morgan fingerprint density at radius 1 is 1.22 bits per heavy atom. The zero-order chi connectivity index (χ0) is 16.8. The van der Waals surface area contributed by atoms with E-state index in [2.05, 4.69) is 21.2 Å². The van der Waals surface area contributed by atoms with Crippen molar-refractivity contribution in [2.75, 3.05) is 5.32 Å². The van der Waals surface area contributed by atoms with Crippen LogP contribution in [0.4, 0.5) is 5.69 Å². The van der Waals surface area contributed by atoms with E-state index in [9.17, 15) is 9.59 Å². The summed E-state index contributed by atoms with van der Waals surface area (Å²) in [5.74, 6) is -0.898. The number of nitrogens with one attached hydrogen (secondary N) is 1. The van der Waals surface area contributed by atoms with E-state index in [0.717, 1.165) is 4.47 Å². The monoisotopic (exact) mass is 395 g/mol. The van der Waals surface area contributed by atoms with E-state index in [1.54, 1.807) is 42.5 Å². The SMILES string of the molecule is C[C@@H](OC(=O)Cc1ccccc1Cl)C(=O)Nc1cccc(Br)c1. The lowest BCUT2D eigenvalue weighted by molar-refractivity contribution is -0.152.